The summed E-state index contributed by atoms with van der Waals surface area (Å²) in [5.74, 6) is 1.42. The number of hydrogen-bond acceptors (Lipinski definition) is 4. The van der Waals surface area contributed by atoms with Crippen molar-refractivity contribution in [3.63, 3.8) is 0 Å². The van der Waals surface area contributed by atoms with Crippen LogP contribution in [0.5, 0.6) is 5.75 Å². The van der Waals surface area contributed by atoms with Crippen LogP contribution in [0.3, 0.4) is 0 Å². The van der Waals surface area contributed by atoms with Gasteiger partial charge in [-0.15, -0.1) is 5.10 Å². The number of aryl methyl sites for hydroxylation is 2. The van der Waals surface area contributed by atoms with Gasteiger partial charge in [-0.3, -0.25) is 0 Å². The average molecular weight is 423 g/mol. The second-order valence-electron chi connectivity index (χ2n) is 7.43. The highest BCUT2D eigenvalue weighted by molar-refractivity contribution is 7.91. The van der Waals surface area contributed by atoms with E-state index in [0.717, 1.165) is 46.7 Å². The Morgan fingerprint density at radius 3 is 2.53 bits per heavy atom. The van der Waals surface area contributed by atoms with Gasteiger partial charge in [0, 0.05) is 41.7 Å². The third-order valence-electron chi connectivity index (χ3n) is 5.14. The molecule has 1 aromatic carbocycles. The lowest BCUT2D eigenvalue weighted by molar-refractivity contribution is 0.415. The van der Waals surface area contributed by atoms with E-state index in [2.05, 4.69) is 31.3 Å². The second-order valence-corrected chi connectivity index (χ2v) is 8.95. The maximum absolute atomic E-state index is 12.7. The summed E-state index contributed by atoms with van der Waals surface area (Å²) in [6, 6.07) is 11.7. The van der Waals surface area contributed by atoms with E-state index in [4.69, 9.17) is 9.72 Å². The summed E-state index contributed by atoms with van der Waals surface area (Å²) in [7, 11) is 3.66. The molecular formula is C23H26N4O2S. The number of nitrogens with zero attached hydrogens (tertiary/aromatic N) is 4. The highest BCUT2D eigenvalue weighted by Crippen LogP contribution is 2.30. The predicted molar refractivity (Wildman–Crippen MR) is 120 cm³/mol. The molecule has 0 spiro atoms. The zero-order valence-corrected chi connectivity index (χ0v) is 18.6. The molecule has 156 valence electrons. The van der Waals surface area contributed by atoms with E-state index >= 15 is 0 Å². The minimum absolute atomic E-state index is 0.581. The summed E-state index contributed by atoms with van der Waals surface area (Å²) in [6.45, 7) is 4.18. The summed E-state index contributed by atoms with van der Waals surface area (Å²) >= 11 is -1.13. The number of ether oxygens (including phenoxy) is 1. The van der Waals surface area contributed by atoms with Crippen LogP contribution >= 0.6 is 0 Å². The molecule has 4 rings (SSSR count). The maximum atomic E-state index is 12.7. The van der Waals surface area contributed by atoms with Crippen molar-refractivity contribution in [3.8, 4) is 28.3 Å². The van der Waals surface area contributed by atoms with Crippen LogP contribution in [0.15, 0.2) is 53.8 Å². The quantitative estimate of drug-likeness (QED) is 0.407. The van der Waals surface area contributed by atoms with Crippen LogP contribution < -0.4 is 4.74 Å². The van der Waals surface area contributed by atoms with Gasteiger partial charge in [0.05, 0.1) is 24.6 Å². The number of unbranched alkanes of at least 4 members (excludes halogenated alkanes) is 1. The molecule has 30 heavy (non-hydrogen) atoms. The van der Waals surface area contributed by atoms with E-state index < -0.39 is 11.2 Å². The maximum Gasteiger partial charge on any atom is 0.265 e. The fraction of sp³-hybridized carbons (Fsp3) is 0.304. The lowest BCUT2D eigenvalue weighted by atomic mass is 10.1. The van der Waals surface area contributed by atoms with Gasteiger partial charge in [0.15, 0.2) is 5.65 Å². The number of methoxy groups -OCH3 is 1. The van der Waals surface area contributed by atoms with Crippen molar-refractivity contribution >= 4 is 16.8 Å². The first-order valence-corrected chi connectivity index (χ1v) is 11.4. The van der Waals surface area contributed by atoms with Crippen LogP contribution in [-0.2, 0) is 18.2 Å². The van der Waals surface area contributed by atoms with E-state index in [1.54, 1.807) is 7.11 Å². The predicted octanol–water partition coefficient (Wildman–Crippen LogP) is 4.63. The molecule has 7 heteroatoms. The van der Waals surface area contributed by atoms with Crippen LogP contribution in [0, 0.1) is 6.92 Å². The monoisotopic (exact) mass is 422 g/mol. The molecule has 0 amide bonds. The molecule has 0 N–H and O–H groups in total. The Labute approximate surface area is 179 Å². The second kappa shape index (κ2) is 8.53. The van der Waals surface area contributed by atoms with Gasteiger partial charge in [0.25, 0.3) is 5.03 Å². The summed E-state index contributed by atoms with van der Waals surface area (Å²) in [5.41, 5.74) is 5.68. The largest absolute Gasteiger partial charge is 0.610 e. The molecule has 0 saturated carbocycles. The van der Waals surface area contributed by atoms with Gasteiger partial charge in [-0.05, 0) is 49.2 Å². The van der Waals surface area contributed by atoms with E-state index in [1.807, 2.05) is 52.5 Å². The van der Waals surface area contributed by atoms with Crippen LogP contribution in [0.1, 0.15) is 25.3 Å². The van der Waals surface area contributed by atoms with Crippen LogP contribution in [0.4, 0.5) is 0 Å². The number of fused-ring (bicyclic) bond motifs is 1. The smallest absolute Gasteiger partial charge is 0.265 e. The summed E-state index contributed by atoms with van der Waals surface area (Å²) in [5, 5.41) is 5.26. The Bertz CT molecular complexity index is 1160. The molecule has 0 saturated heterocycles. The first-order chi connectivity index (χ1) is 14.5. The molecular weight excluding hydrogens is 396 g/mol. The Morgan fingerprint density at radius 1 is 1.13 bits per heavy atom. The Balaban J connectivity index is 1.88. The minimum Gasteiger partial charge on any atom is -0.610 e. The van der Waals surface area contributed by atoms with Gasteiger partial charge in [0.1, 0.15) is 11.5 Å². The molecule has 0 aliphatic rings. The Morgan fingerprint density at radius 2 is 1.90 bits per heavy atom. The van der Waals surface area contributed by atoms with E-state index in [0.29, 0.717) is 16.4 Å². The highest BCUT2D eigenvalue weighted by atomic mass is 32.2. The third kappa shape index (κ3) is 3.95. The molecule has 1 unspecified atom stereocenters. The first kappa shape index (κ1) is 20.5. The van der Waals surface area contributed by atoms with Crippen molar-refractivity contribution in [1.29, 1.82) is 0 Å². The average Bonchev–Trinajstić information content (AvgIpc) is 3.33. The van der Waals surface area contributed by atoms with Gasteiger partial charge in [-0.2, -0.15) is 0 Å². The normalized spacial score (nSPS) is 12.4. The summed E-state index contributed by atoms with van der Waals surface area (Å²) in [6.07, 6.45) is 6.08. The molecule has 6 nitrogen and oxygen atoms in total. The number of aromatic nitrogens is 4. The van der Waals surface area contributed by atoms with Crippen molar-refractivity contribution in [3.05, 3.63) is 54.4 Å². The molecule has 3 aromatic heterocycles. The molecule has 1 atom stereocenters. The molecule has 0 aliphatic heterocycles. The molecule has 4 aromatic rings. The highest BCUT2D eigenvalue weighted by Gasteiger charge is 2.20. The summed E-state index contributed by atoms with van der Waals surface area (Å²) < 4.78 is 21.8. The van der Waals surface area contributed by atoms with Crippen molar-refractivity contribution < 1.29 is 9.29 Å². The van der Waals surface area contributed by atoms with E-state index in [1.165, 1.54) is 0 Å². The van der Waals surface area contributed by atoms with Crippen molar-refractivity contribution in [2.45, 2.75) is 31.7 Å². The molecule has 0 bridgehead atoms. The topological polar surface area (TPSA) is 67.4 Å². The number of hydrogen-bond donors (Lipinski definition) is 0. The fourth-order valence-electron chi connectivity index (χ4n) is 3.53. The lowest BCUT2D eigenvalue weighted by Crippen LogP contribution is -2.07. The molecule has 3 heterocycles. The van der Waals surface area contributed by atoms with E-state index in [9.17, 15) is 4.55 Å². The number of benzene rings is 1. The number of rotatable bonds is 7. The van der Waals surface area contributed by atoms with Crippen LogP contribution in [-0.4, -0.2) is 36.6 Å². The van der Waals surface area contributed by atoms with E-state index in [-0.39, 0.29) is 0 Å². The third-order valence-corrected chi connectivity index (χ3v) is 6.46. The van der Waals surface area contributed by atoms with Crippen LogP contribution in [0.2, 0.25) is 0 Å². The first-order valence-electron chi connectivity index (χ1n) is 10.1. The standard InChI is InChI=1S/C23H26N4O2S/c1-5-6-11-30(28)23-13-22-24-20(17-7-9-18(29-4)10-8-17)12-21(27(22)25-23)19-15-26(3)14-16(19)2/h7-10,12-15H,5-6,11H2,1-4H3. The van der Waals surface area contributed by atoms with Gasteiger partial charge in [-0.1, -0.05) is 13.3 Å². The minimum atomic E-state index is -1.13. The zero-order valence-electron chi connectivity index (χ0n) is 17.8. The lowest BCUT2D eigenvalue weighted by Gasteiger charge is -2.09. The fourth-order valence-corrected chi connectivity index (χ4v) is 4.70. The zero-order chi connectivity index (χ0) is 21.3. The van der Waals surface area contributed by atoms with Gasteiger partial charge >= 0.3 is 0 Å². The Hall–Kier alpha value is -2.77. The Kier molecular flexibility index (Phi) is 5.83. The van der Waals surface area contributed by atoms with Crippen molar-refractivity contribution in [2.75, 3.05) is 12.9 Å². The van der Waals surface area contributed by atoms with Gasteiger partial charge in [0.2, 0.25) is 0 Å². The van der Waals surface area contributed by atoms with Crippen molar-refractivity contribution in [2.24, 2.45) is 7.05 Å². The molecule has 0 radical (unpaired) electrons. The van der Waals surface area contributed by atoms with Gasteiger partial charge < -0.3 is 13.9 Å². The SMILES string of the molecule is CCCC[S+]([O-])c1cc2nc(-c3ccc(OC)cc3)cc(-c3cn(C)cc3C)n2n1. The molecule has 0 fully saturated rings. The molecule has 0 aliphatic carbocycles. The van der Waals surface area contributed by atoms with Crippen molar-refractivity contribution in [1.82, 2.24) is 19.2 Å². The van der Waals surface area contributed by atoms with Crippen LogP contribution in [0.25, 0.3) is 28.2 Å². The summed E-state index contributed by atoms with van der Waals surface area (Å²) in [4.78, 5) is 4.83. The van der Waals surface area contributed by atoms with Gasteiger partial charge in [-0.25, -0.2) is 9.50 Å².